The fraction of sp³-hybridized carbons (Fsp3) is 0.125. The Morgan fingerprint density at radius 1 is 1.00 bits per heavy atom. The zero-order valence-corrected chi connectivity index (χ0v) is 12.9. The normalized spacial score (nSPS) is 11.5. The highest BCUT2D eigenvalue weighted by molar-refractivity contribution is 7.90. The highest BCUT2D eigenvalue weighted by atomic mass is 32.2. The highest BCUT2D eigenvalue weighted by Crippen LogP contribution is 2.17. The number of rotatable bonds is 4. The Bertz CT molecular complexity index is 869. The first-order valence-electron chi connectivity index (χ1n) is 6.76. The molecule has 0 aliphatic carbocycles. The van der Waals surface area contributed by atoms with Crippen LogP contribution in [0.15, 0.2) is 65.8 Å². The third kappa shape index (κ3) is 3.07. The van der Waals surface area contributed by atoms with Crippen LogP contribution >= 0.6 is 0 Å². The van der Waals surface area contributed by atoms with Crippen LogP contribution in [0.4, 0.5) is 0 Å². The average Bonchev–Trinajstić information content (AvgIpc) is 2.96. The van der Waals surface area contributed by atoms with E-state index in [1.165, 1.54) is 12.6 Å². The van der Waals surface area contributed by atoms with E-state index in [1.807, 2.05) is 30.3 Å². The molecule has 5 nitrogen and oxygen atoms in total. The Kier molecular flexibility index (Phi) is 3.77. The van der Waals surface area contributed by atoms with Gasteiger partial charge in [-0.3, -0.25) is 0 Å². The summed E-state index contributed by atoms with van der Waals surface area (Å²) in [5, 5.41) is 4.25. The Labute approximate surface area is 129 Å². The van der Waals surface area contributed by atoms with Gasteiger partial charge >= 0.3 is 0 Å². The second-order valence-corrected chi connectivity index (χ2v) is 7.04. The molecule has 0 atom stereocenters. The van der Waals surface area contributed by atoms with Crippen molar-refractivity contribution in [3.8, 4) is 11.4 Å². The zero-order valence-electron chi connectivity index (χ0n) is 12.0. The van der Waals surface area contributed by atoms with E-state index in [0.29, 0.717) is 11.4 Å². The number of sulfone groups is 1. The highest BCUT2D eigenvalue weighted by Gasteiger charge is 2.09. The van der Waals surface area contributed by atoms with Crippen molar-refractivity contribution in [2.24, 2.45) is 0 Å². The van der Waals surface area contributed by atoms with Gasteiger partial charge in [0.2, 0.25) is 0 Å². The molecule has 1 heterocycles. The molecule has 0 aliphatic heterocycles. The van der Waals surface area contributed by atoms with Gasteiger partial charge in [-0.25, -0.2) is 18.1 Å². The molecule has 0 unspecified atom stereocenters. The summed E-state index contributed by atoms with van der Waals surface area (Å²) in [7, 11) is -3.17. The fourth-order valence-electron chi connectivity index (χ4n) is 2.21. The van der Waals surface area contributed by atoms with Gasteiger partial charge in [-0.15, -0.1) is 0 Å². The molecular weight excluding hydrogens is 298 g/mol. The first-order chi connectivity index (χ1) is 10.5. The van der Waals surface area contributed by atoms with Crippen molar-refractivity contribution < 1.29 is 8.42 Å². The molecule has 0 saturated carbocycles. The minimum absolute atomic E-state index is 0.318. The van der Waals surface area contributed by atoms with Crippen LogP contribution in [-0.4, -0.2) is 29.4 Å². The Morgan fingerprint density at radius 2 is 1.68 bits per heavy atom. The van der Waals surface area contributed by atoms with Gasteiger partial charge in [-0.1, -0.05) is 42.5 Å². The van der Waals surface area contributed by atoms with Crippen LogP contribution in [0.5, 0.6) is 0 Å². The molecule has 0 radical (unpaired) electrons. The van der Waals surface area contributed by atoms with Crippen molar-refractivity contribution in [3.63, 3.8) is 0 Å². The molecule has 1 aromatic heterocycles. The topological polar surface area (TPSA) is 64.8 Å². The predicted octanol–water partition coefficient (Wildman–Crippen LogP) is 2.40. The number of hydrogen-bond acceptors (Lipinski definition) is 4. The van der Waals surface area contributed by atoms with Gasteiger partial charge in [-0.2, -0.15) is 5.10 Å². The lowest BCUT2D eigenvalue weighted by Crippen LogP contribution is -2.05. The molecule has 6 heteroatoms. The lowest BCUT2D eigenvalue weighted by atomic mass is 10.2. The van der Waals surface area contributed by atoms with Crippen molar-refractivity contribution in [3.05, 3.63) is 66.5 Å². The molecule has 0 N–H and O–H groups in total. The molecule has 0 spiro atoms. The molecule has 3 rings (SSSR count). The molecule has 112 valence electrons. The molecule has 0 amide bonds. The quantitative estimate of drug-likeness (QED) is 0.742. The maximum atomic E-state index is 11.5. The molecule has 0 saturated heterocycles. The third-order valence-corrected chi connectivity index (χ3v) is 4.46. The van der Waals surface area contributed by atoms with E-state index in [4.69, 9.17) is 0 Å². The lowest BCUT2D eigenvalue weighted by Gasteiger charge is -2.07. The average molecular weight is 313 g/mol. The van der Waals surface area contributed by atoms with Crippen LogP contribution in [0.2, 0.25) is 0 Å². The molecule has 0 aliphatic rings. The third-order valence-electron chi connectivity index (χ3n) is 3.33. The molecule has 3 aromatic rings. The Morgan fingerprint density at radius 3 is 2.32 bits per heavy atom. The summed E-state index contributed by atoms with van der Waals surface area (Å²) in [6.07, 6.45) is 2.72. The van der Waals surface area contributed by atoms with E-state index in [2.05, 4.69) is 10.1 Å². The van der Waals surface area contributed by atoms with Crippen LogP contribution in [-0.2, 0) is 16.4 Å². The van der Waals surface area contributed by atoms with Gasteiger partial charge < -0.3 is 0 Å². The number of aromatic nitrogens is 3. The summed E-state index contributed by atoms with van der Waals surface area (Å²) in [6.45, 7) is 0.536. The van der Waals surface area contributed by atoms with Crippen molar-refractivity contribution in [2.75, 3.05) is 6.26 Å². The maximum Gasteiger partial charge on any atom is 0.175 e. The summed E-state index contributed by atoms with van der Waals surface area (Å²) in [5.74, 6) is 0.785. The van der Waals surface area contributed by atoms with Gasteiger partial charge in [0.25, 0.3) is 0 Å². The zero-order chi connectivity index (χ0) is 15.6. The molecule has 0 bridgehead atoms. The maximum absolute atomic E-state index is 11.5. The van der Waals surface area contributed by atoms with E-state index >= 15 is 0 Å². The molecule has 2 aromatic carbocycles. The molecule has 0 fully saturated rings. The van der Waals surface area contributed by atoms with Gasteiger partial charge in [0.15, 0.2) is 15.7 Å². The van der Waals surface area contributed by atoms with Crippen molar-refractivity contribution in [1.29, 1.82) is 0 Å². The van der Waals surface area contributed by atoms with Crippen LogP contribution in [0, 0.1) is 0 Å². The molecule has 22 heavy (non-hydrogen) atoms. The molecular formula is C16H15N3O2S. The van der Waals surface area contributed by atoms with Crippen molar-refractivity contribution in [1.82, 2.24) is 14.8 Å². The largest absolute Gasteiger partial charge is 0.241 e. The van der Waals surface area contributed by atoms with Crippen molar-refractivity contribution in [2.45, 2.75) is 11.4 Å². The van der Waals surface area contributed by atoms with Crippen LogP contribution in [0.1, 0.15) is 5.56 Å². The summed E-state index contributed by atoms with van der Waals surface area (Å²) < 4.78 is 24.7. The smallest absolute Gasteiger partial charge is 0.175 e. The minimum Gasteiger partial charge on any atom is -0.241 e. The minimum atomic E-state index is -3.17. The number of nitrogens with zero attached hydrogens (tertiary/aromatic N) is 3. The van der Waals surface area contributed by atoms with E-state index in [9.17, 15) is 8.42 Å². The second kappa shape index (κ2) is 5.73. The summed E-state index contributed by atoms with van der Waals surface area (Å²) in [4.78, 5) is 4.61. The van der Waals surface area contributed by atoms with Gasteiger partial charge in [-0.05, 0) is 17.7 Å². The first kappa shape index (κ1) is 14.5. The monoisotopic (exact) mass is 313 g/mol. The first-order valence-corrected chi connectivity index (χ1v) is 8.65. The summed E-state index contributed by atoms with van der Waals surface area (Å²) in [5.41, 5.74) is 1.96. The fourth-order valence-corrected chi connectivity index (χ4v) is 2.84. The number of benzene rings is 2. The van der Waals surface area contributed by atoms with Gasteiger partial charge in [0, 0.05) is 11.8 Å². The van der Waals surface area contributed by atoms with E-state index < -0.39 is 9.84 Å². The van der Waals surface area contributed by atoms with E-state index in [0.717, 1.165) is 17.0 Å². The van der Waals surface area contributed by atoms with E-state index in [-0.39, 0.29) is 0 Å². The SMILES string of the molecule is CS(=O)(=O)c1ccc(Cn2ncnc2-c2ccccc2)cc1. The Hall–Kier alpha value is -2.47. The lowest BCUT2D eigenvalue weighted by molar-refractivity contribution is 0.602. The Balaban J connectivity index is 1.87. The second-order valence-electron chi connectivity index (χ2n) is 5.02. The van der Waals surface area contributed by atoms with Crippen LogP contribution in [0.3, 0.4) is 0 Å². The summed E-state index contributed by atoms with van der Waals surface area (Å²) >= 11 is 0. The summed E-state index contributed by atoms with van der Waals surface area (Å²) in [6, 6.07) is 16.6. The van der Waals surface area contributed by atoms with E-state index in [1.54, 1.807) is 28.9 Å². The van der Waals surface area contributed by atoms with Crippen molar-refractivity contribution >= 4 is 9.84 Å². The van der Waals surface area contributed by atoms with Crippen LogP contribution in [0.25, 0.3) is 11.4 Å². The van der Waals surface area contributed by atoms with Crippen LogP contribution < -0.4 is 0 Å². The van der Waals surface area contributed by atoms with Gasteiger partial charge in [0.1, 0.15) is 6.33 Å². The standard InChI is InChI=1S/C16H15N3O2S/c1-22(20,21)15-9-7-13(8-10-15)11-19-16(17-12-18-19)14-5-3-2-4-6-14/h2-10,12H,11H2,1H3. The predicted molar refractivity (Wildman–Crippen MR) is 84.1 cm³/mol. The van der Waals surface area contributed by atoms with Gasteiger partial charge in [0.05, 0.1) is 11.4 Å². The number of hydrogen-bond donors (Lipinski definition) is 0.